The molecule has 0 spiro atoms. The van der Waals surface area contributed by atoms with Crippen molar-refractivity contribution < 1.29 is 4.74 Å². The minimum Gasteiger partial charge on any atom is -0.372 e. The van der Waals surface area contributed by atoms with Crippen molar-refractivity contribution in [3.8, 4) is 0 Å². The number of aromatic nitrogens is 3. The summed E-state index contributed by atoms with van der Waals surface area (Å²) in [6, 6.07) is 3.97. The van der Waals surface area contributed by atoms with Gasteiger partial charge >= 0.3 is 0 Å². The van der Waals surface area contributed by atoms with Crippen LogP contribution in [0.1, 0.15) is 5.82 Å². The van der Waals surface area contributed by atoms with E-state index in [1.165, 1.54) is 0 Å². The van der Waals surface area contributed by atoms with Gasteiger partial charge in [-0.1, -0.05) is 0 Å². The molecule has 72 valence electrons. The highest BCUT2D eigenvalue weighted by atomic mass is 79.9. The van der Waals surface area contributed by atoms with Gasteiger partial charge in [0.25, 0.3) is 0 Å². The average molecular weight is 254 g/mol. The minimum atomic E-state index is 0.591. The number of pyridine rings is 1. The van der Waals surface area contributed by atoms with E-state index in [0.29, 0.717) is 6.61 Å². The predicted molar refractivity (Wildman–Crippen MR) is 54.9 cm³/mol. The lowest BCUT2D eigenvalue weighted by atomic mass is 10.4. The molecule has 2 aromatic heterocycles. The summed E-state index contributed by atoms with van der Waals surface area (Å²) in [6.07, 6.45) is 0. The van der Waals surface area contributed by atoms with Gasteiger partial charge in [-0.3, -0.25) is 0 Å². The molecule has 2 aromatic rings. The third kappa shape index (κ3) is 1.16. The van der Waals surface area contributed by atoms with Crippen LogP contribution < -0.4 is 0 Å². The van der Waals surface area contributed by atoms with Gasteiger partial charge in [0.2, 0.25) is 0 Å². The Bertz CT molecular complexity index is 494. The Kier molecular flexibility index (Phi) is 1.81. The number of hydrogen-bond donors (Lipinski definition) is 0. The van der Waals surface area contributed by atoms with Crippen LogP contribution in [0, 0.1) is 0 Å². The van der Waals surface area contributed by atoms with Gasteiger partial charge in [-0.25, -0.2) is 9.97 Å². The summed E-state index contributed by atoms with van der Waals surface area (Å²) < 4.78 is 8.32. The topological polar surface area (TPSA) is 39.9 Å². The molecule has 1 aliphatic rings. The molecule has 0 amide bonds. The van der Waals surface area contributed by atoms with E-state index in [0.717, 1.165) is 34.7 Å². The Morgan fingerprint density at radius 2 is 2.29 bits per heavy atom. The molecule has 0 aromatic carbocycles. The van der Waals surface area contributed by atoms with E-state index in [1.54, 1.807) is 0 Å². The third-order valence-electron chi connectivity index (χ3n) is 2.35. The molecule has 3 heterocycles. The van der Waals surface area contributed by atoms with Crippen molar-refractivity contribution in [1.29, 1.82) is 0 Å². The molecule has 4 nitrogen and oxygen atoms in total. The zero-order valence-electron chi connectivity index (χ0n) is 7.40. The van der Waals surface area contributed by atoms with Crippen LogP contribution >= 0.6 is 15.9 Å². The molecule has 0 saturated carbocycles. The maximum atomic E-state index is 5.33. The molecule has 0 saturated heterocycles. The Morgan fingerprint density at radius 3 is 3.21 bits per heavy atom. The lowest BCUT2D eigenvalue weighted by Gasteiger charge is -2.14. The molecule has 0 atom stereocenters. The van der Waals surface area contributed by atoms with E-state index in [2.05, 4.69) is 30.5 Å². The van der Waals surface area contributed by atoms with Gasteiger partial charge in [0.15, 0.2) is 5.65 Å². The third-order valence-corrected chi connectivity index (χ3v) is 2.79. The highest BCUT2D eigenvalue weighted by Gasteiger charge is 2.15. The van der Waals surface area contributed by atoms with Crippen LogP contribution in [0.4, 0.5) is 0 Å². The van der Waals surface area contributed by atoms with Crippen molar-refractivity contribution >= 4 is 27.1 Å². The first-order chi connectivity index (χ1) is 6.84. The Hall–Kier alpha value is -0.940. The van der Waals surface area contributed by atoms with Gasteiger partial charge < -0.3 is 9.30 Å². The van der Waals surface area contributed by atoms with Gasteiger partial charge in [0.05, 0.1) is 12.1 Å². The maximum absolute atomic E-state index is 5.33. The fourth-order valence-corrected chi connectivity index (χ4v) is 2.01. The predicted octanol–water partition coefficient (Wildman–Crippen LogP) is 1.72. The second-order valence-electron chi connectivity index (χ2n) is 3.21. The first kappa shape index (κ1) is 8.38. The van der Waals surface area contributed by atoms with Crippen LogP contribution in [0.25, 0.3) is 11.2 Å². The van der Waals surface area contributed by atoms with Crippen molar-refractivity contribution in [3.63, 3.8) is 0 Å². The van der Waals surface area contributed by atoms with E-state index in [4.69, 9.17) is 4.74 Å². The Morgan fingerprint density at radius 1 is 1.36 bits per heavy atom. The minimum absolute atomic E-state index is 0.591. The molecule has 0 N–H and O–H groups in total. The van der Waals surface area contributed by atoms with Gasteiger partial charge in [0, 0.05) is 6.54 Å². The lowest BCUT2D eigenvalue weighted by molar-refractivity contribution is 0.0830. The standard InChI is InChI=1S/C9H8BrN3O/c10-7-2-1-6-9(11-7)12-8-5-14-4-3-13(6)8/h1-2H,3-5H2. The molecule has 1 aliphatic heterocycles. The molecule has 14 heavy (non-hydrogen) atoms. The number of rotatable bonds is 0. The van der Waals surface area contributed by atoms with Gasteiger partial charge in [-0.15, -0.1) is 0 Å². The summed E-state index contributed by atoms with van der Waals surface area (Å²) in [5.74, 6) is 0.969. The maximum Gasteiger partial charge on any atom is 0.179 e. The van der Waals surface area contributed by atoms with Crippen LogP contribution in [0.5, 0.6) is 0 Å². The van der Waals surface area contributed by atoms with Crippen molar-refractivity contribution in [2.24, 2.45) is 0 Å². The summed E-state index contributed by atoms with van der Waals surface area (Å²) >= 11 is 3.33. The average Bonchev–Trinajstić information content (AvgIpc) is 2.54. The molecular weight excluding hydrogens is 246 g/mol. The van der Waals surface area contributed by atoms with E-state index >= 15 is 0 Å². The quantitative estimate of drug-likeness (QED) is 0.672. The van der Waals surface area contributed by atoms with Crippen LogP contribution in [-0.2, 0) is 17.9 Å². The molecule has 3 rings (SSSR count). The molecule has 0 unspecified atom stereocenters. The normalized spacial score (nSPS) is 15.8. The van der Waals surface area contributed by atoms with Crippen molar-refractivity contribution in [2.75, 3.05) is 6.61 Å². The van der Waals surface area contributed by atoms with Gasteiger partial charge in [0.1, 0.15) is 17.0 Å². The molecule has 0 bridgehead atoms. The van der Waals surface area contributed by atoms with E-state index in [-0.39, 0.29) is 0 Å². The first-order valence-electron chi connectivity index (χ1n) is 4.44. The smallest absolute Gasteiger partial charge is 0.179 e. The Labute approximate surface area is 89.0 Å². The number of ether oxygens (including phenoxy) is 1. The number of imidazole rings is 1. The number of nitrogens with zero attached hydrogens (tertiary/aromatic N) is 3. The number of hydrogen-bond acceptors (Lipinski definition) is 3. The highest BCUT2D eigenvalue weighted by molar-refractivity contribution is 9.10. The largest absolute Gasteiger partial charge is 0.372 e. The van der Waals surface area contributed by atoms with E-state index in [9.17, 15) is 0 Å². The van der Waals surface area contributed by atoms with Crippen molar-refractivity contribution in [2.45, 2.75) is 13.2 Å². The van der Waals surface area contributed by atoms with Gasteiger partial charge in [-0.2, -0.15) is 0 Å². The fraction of sp³-hybridized carbons (Fsp3) is 0.333. The second-order valence-corrected chi connectivity index (χ2v) is 4.02. The molecule has 0 fully saturated rings. The zero-order chi connectivity index (χ0) is 9.54. The number of halogens is 1. The molecular formula is C9H8BrN3O. The summed E-state index contributed by atoms with van der Waals surface area (Å²) in [5, 5.41) is 0. The first-order valence-corrected chi connectivity index (χ1v) is 5.23. The lowest BCUT2D eigenvalue weighted by Crippen LogP contribution is -2.16. The molecule has 0 aliphatic carbocycles. The van der Waals surface area contributed by atoms with Crippen LogP contribution in [0.3, 0.4) is 0 Å². The number of fused-ring (bicyclic) bond motifs is 3. The van der Waals surface area contributed by atoms with E-state index < -0.39 is 0 Å². The zero-order valence-corrected chi connectivity index (χ0v) is 8.99. The van der Waals surface area contributed by atoms with Crippen molar-refractivity contribution in [1.82, 2.24) is 14.5 Å². The Balaban J connectivity index is 2.31. The summed E-state index contributed by atoms with van der Waals surface area (Å²) in [5.41, 5.74) is 1.88. The van der Waals surface area contributed by atoms with Crippen molar-refractivity contribution in [3.05, 3.63) is 22.6 Å². The monoisotopic (exact) mass is 253 g/mol. The van der Waals surface area contributed by atoms with Crippen LogP contribution in [0.2, 0.25) is 0 Å². The second kappa shape index (κ2) is 3.03. The summed E-state index contributed by atoms with van der Waals surface area (Å²) in [4.78, 5) is 8.72. The SMILES string of the molecule is Brc1ccc2c(n1)nc1n2CCOC1. The highest BCUT2D eigenvalue weighted by Crippen LogP contribution is 2.19. The van der Waals surface area contributed by atoms with Crippen LogP contribution in [0.15, 0.2) is 16.7 Å². The molecule has 5 heteroatoms. The van der Waals surface area contributed by atoms with Gasteiger partial charge in [-0.05, 0) is 28.1 Å². The van der Waals surface area contributed by atoms with E-state index in [1.807, 2.05) is 12.1 Å². The summed E-state index contributed by atoms with van der Waals surface area (Å²) in [7, 11) is 0. The fourth-order valence-electron chi connectivity index (χ4n) is 1.71. The molecule has 0 radical (unpaired) electrons. The summed E-state index contributed by atoms with van der Waals surface area (Å²) in [6.45, 7) is 2.22. The van der Waals surface area contributed by atoms with Crippen LogP contribution in [-0.4, -0.2) is 21.1 Å².